The maximum atomic E-state index is 13.1. The predicted octanol–water partition coefficient (Wildman–Crippen LogP) is 4.60. The van der Waals surface area contributed by atoms with E-state index in [2.05, 4.69) is 6.07 Å². The van der Waals surface area contributed by atoms with E-state index in [4.69, 9.17) is 4.74 Å². The highest BCUT2D eigenvalue weighted by atomic mass is 16.5. The Morgan fingerprint density at radius 2 is 1.72 bits per heavy atom. The van der Waals surface area contributed by atoms with Gasteiger partial charge in [-0.1, -0.05) is 42.0 Å². The number of aryl methyl sites for hydroxylation is 1. The standard InChI is InChI=1S/C25H21NO3/c1-17-6-5-7-18(14-17)15-26-16-22(25(28)21-8-3-4-9-23(21)26)24(27)19-10-12-20(29-2)13-11-19/h3-14,16H,15H2,1-2H3. The van der Waals surface area contributed by atoms with E-state index in [0.29, 0.717) is 23.2 Å². The Labute approximate surface area is 169 Å². The number of ketones is 1. The molecule has 0 saturated heterocycles. The van der Waals surface area contributed by atoms with Crippen LogP contribution in [-0.2, 0) is 6.54 Å². The lowest BCUT2D eigenvalue weighted by Gasteiger charge is -2.14. The molecule has 144 valence electrons. The number of rotatable bonds is 5. The van der Waals surface area contributed by atoms with Crippen molar-refractivity contribution in [3.05, 3.63) is 111 Å². The predicted molar refractivity (Wildman–Crippen MR) is 115 cm³/mol. The zero-order chi connectivity index (χ0) is 20.4. The van der Waals surface area contributed by atoms with Gasteiger partial charge < -0.3 is 9.30 Å². The van der Waals surface area contributed by atoms with E-state index in [0.717, 1.165) is 11.1 Å². The lowest BCUT2D eigenvalue weighted by atomic mass is 10.0. The molecule has 4 nitrogen and oxygen atoms in total. The van der Waals surface area contributed by atoms with Crippen molar-refractivity contribution in [1.82, 2.24) is 4.57 Å². The number of ether oxygens (including phenoxy) is 1. The van der Waals surface area contributed by atoms with Crippen molar-refractivity contribution in [2.45, 2.75) is 13.5 Å². The second-order valence-corrected chi connectivity index (χ2v) is 7.06. The van der Waals surface area contributed by atoms with E-state index in [9.17, 15) is 9.59 Å². The molecule has 1 heterocycles. The molecule has 0 N–H and O–H groups in total. The topological polar surface area (TPSA) is 48.3 Å². The van der Waals surface area contributed by atoms with Crippen LogP contribution in [-0.4, -0.2) is 17.5 Å². The fourth-order valence-electron chi connectivity index (χ4n) is 3.54. The summed E-state index contributed by atoms with van der Waals surface area (Å²) in [4.78, 5) is 26.2. The summed E-state index contributed by atoms with van der Waals surface area (Å²) in [7, 11) is 1.57. The number of aromatic nitrogens is 1. The van der Waals surface area contributed by atoms with E-state index in [-0.39, 0.29) is 16.8 Å². The third-order valence-electron chi connectivity index (χ3n) is 5.02. The SMILES string of the molecule is COc1ccc(C(=O)c2cn(Cc3cccc(C)c3)c3ccccc3c2=O)cc1. The molecule has 4 aromatic rings. The number of hydrogen-bond acceptors (Lipinski definition) is 3. The van der Waals surface area contributed by atoms with Crippen LogP contribution in [0.5, 0.6) is 5.75 Å². The second kappa shape index (κ2) is 7.76. The lowest BCUT2D eigenvalue weighted by molar-refractivity contribution is 0.103. The van der Waals surface area contributed by atoms with Gasteiger partial charge in [-0.25, -0.2) is 0 Å². The van der Waals surface area contributed by atoms with Gasteiger partial charge in [-0.3, -0.25) is 9.59 Å². The minimum absolute atomic E-state index is 0.168. The van der Waals surface area contributed by atoms with Gasteiger partial charge in [-0.05, 0) is 48.9 Å². The van der Waals surface area contributed by atoms with Crippen LogP contribution in [0.25, 0.3) is 10.9 Å². The lowest BCUT2D eigenvalue weighted by Crippen LogP contribution is -2.20. The van der Waals surface area contributed by atoms with Gasteiger partial charge in [0, 0.05) is 23.7 Å². The maximum absolute atomic E-state index is 13.1. The van der Waals surface area contributed by atoms with Crippen LogP contribution in [0.3, 0.4) is 0 Å². The van der Waals surface area contributed by atoms with Gasteiger partial charge in [0.1, 0.15) is 5.75 Å². The average Bonchev–Trinajstić information content (AvgIpc) is 2.75. The highest BCUT2D eigenvalue weighted by Gasteiger charge is 2.17. The molecule has 0 atom stereocenters. The van der Waals surface area contributed by atoms with Crippen LogP contribution < -0.4 is 10.2 Å². The summed E-state index contributed by atoms with van der Waals surface area (Å²) < 4.78 is 7.13. The smallest absolute Gasteiger partial charge is 0.200 e. The normalized spacial score (nSPS) is 10.8. The van der Waals surface area contributed by atoms with E-state index >= 15 is 0 Å². The van der Waals surface area contributed by atoms with Gasteiger partial charge in [-0.2, -0.15) is 0 Å². The molecule has 0 amide bonds. The highest BCUT2D eigenvalue weighted by Crippen LogP contribution is 2.18. The molecule has 0 aliphatic heterocycles. The molecule has 1 aromatic heterocycles. The number of para-hydroxylation sites is 1. The van der Waals surface area contributed by atoms with Gasteiger partial charge in [0.2, 0.25) is 5.43 Å². The fourth-order valence-corrected chi connectivity index (χ4v) is 3.54. The monoisotopic (exact) mass is 383 g/mol. The average molecular weight is 383 g/mol. The number of methoxy groups -OCH3 is 1. The molecule has 3 aromatic carbocycles. The number of carbonyl (C=O) groups excluding carboxylic acids is 1. The van der Waals surface area contributed by atoms with Crippen LogP contribution in [0, 0.1) is 6.92 Å². The highest BCUT2D eigenvalue weighted by molar-refractivity contribution is 6.10. The van der Waals surface area contributed by atoms with E-state index in [1.165, 1.54) is 5.56 Å². The maximum Gasteiger partial charge on any atom is 0.200 e. The molecule has 0 aliphatic rings. The third kappa shape index (κ3) is 3.69. The number of carbonyl (C=O) groups is 1. The number of nitrogens with zero attached hydrogens (tertiary/aromatic N) is 1. The van der Waals surface area contributed by atoms with Crippen molar-refractivity contribution in [3.63, 3.8) is 0 Å². The summed E-state index contributed by atoms with van der Waals surface area (Å²) in [6.07, 6.45) is 1.68. The Hall–Kier alpha value is -3.66. The molecule has 29 heavy (non-hydrogen) atoms. The van der Waals surface area contributed by atoms with Crippen LogP contribution in [0.1, 0.15) is 27.0 Å². The van der Waals surface area contributed by atoms with Crippen molar-refractivity contribution < 1.29 is 9.53 Å². The van der Waals surface area contributed by atoms with Crippen LogP contribution >= 0.6 is 0 Å². The first-order chi connectivity index (χ1) is 14.1. The molecule has 0 bridgehead atoms. The summed E-state index contributed by atoms with van der Waals surface area (Å²) >= 11 is 0. The molecule has 4 heteroatoms. The fraction of sp³-hybridized carbons (Fsp3) is 0.120. The van der Waals surface area contributed by atoms with E-state index < -0.39 is 0 Å². The summed E-state index contributed by atoms with van der Waals surface area (Å²) in [5, 5.41) is 0.541. The summed E-state index contributed by atoms with van der Waals surface area (Å²) in [6, 6.07) is 22.4. The molecule has 0 aliphatic carbocycles. The van der Waals surface area contributed by atoms with Gasteiger partial charge in [0.15, 0.2) is 5.78 Å². The van der Waals surface area contributed by atoms with E-state index in [1.54, 1.807) is 43.6 Å². The number of pyridine rings is 1. The quantitative estimate of drug-likeness (QED) is 0.473. The largest absolute Gasteiger partial charge is 0.497 e. The van der Waals surface area contributed by atoms with Crippen molar-refractivity contribution >= 4 is 16.7 Å². The molecule has 0 radical (unpaired) electrons. The molecule has 0 saturated carbocycles. The summed E-state index contributed by atoms with van der Waals surface area (Å²) in [6.45, 7) is 2.62. The Kier molecular flexibility index (Phi) is 5.00. The zero-order valence-corrected chi connectivity index (χ0v) is 16.4. The Bertz CT molecular complexity index is 1250. The first-order valence-corrected chi connectivity index (χ1v) is 9.43. The molecular formula is C25H21NO3. The van der Waals surface area contributed by atoms with Gasteiger partial charge in [0.05, 0.1) is 18.2 Å². The zero-order valence-electron chi connectivity index (χ0n) is 16.4. The number of hydrogen-bond donors (Lipinski definition) is 0. The van der Waals surface area contributed by atoms with Gasteiger partial charge >= 0.3 is 0 Å². The number of benzene rings is 3. The summed E-state index contributed by atoms with van der Waals surface area (Å²) in [5.74, 6) is 0.373. The van der Waals surface area contributed by atoms with Crippen LogP contribution in [0.15, 0.2) is 83.8 Å². The minimum atomic E-state index is -0.290. The van der Waals surface area contributed by atoms with Crippen molar-refractivity contribution in [1.29, 1.82) is 0 Å². The molecule has 0 spiro atoms. The second-order valence-electron chi connectivity index (χ2n) is 7.06. The van der Waals surface area contributed by atoms with Crippen molar-refractivity contribution in [3.8, 4) is 5.75 Å². The van der Waals surface area contributed by atoms with Crippen LogP contribution in [0.2, 0.25) is 0 Å². The number of fused-ring (bicyclic) bond motifs is 1. The minimum Gasteiger partial charge on any atom is -0.497 e. The first-order valence-electron chi connectivity index (χ1n) is 9.43. The van der Waals surface area contributed by atoms with E-state index in [1.807, 2.05) is 47.9 Å². The first kappa shape index (κ1) is 18.7. The molecule has 4 rings (SSSR count). The Morgan fingerprint density at radius 1 is 0.966 bits per heavy atom. The summed E-state index contributed by atoms with van der Waals surface area (Å²) in [5.41, 5.74) is 3.47. The third-order valence-corrected chi connectivity index (χ3v) is 5.02. The Balaban J connectivity index is 1.84. The van der Waals surface area contributed by atoms with Crippen molar-refractivity contribution in [2.75, 3.05) is 7.11 Å². The van der Waals surface area contributed by atoms with Crippen LogP contribution in [0.4, 0.5) is 0 Å². The molecule has 0 unspecified atom stereocenters. The van der Waals surface area contributed by atoms with Gasteiger partial charge in [-0.15, -0.1) is 0 Å². The molecular weight excluding hydrogens is 362 g/mol. The van der Waals surface area contributed by atoms with Gasteiger partial charge in [0.25, 0.3) is 0 Å². The Morgan fingerprint density at radius 3 is 2.45 bits per heavy atom. The van der Waals surface area contributed by atoms with Crippen molar-refractivity contribution in [2.24, 2.45) is 0 Å². The molecule has 0 fully saturated rings.